The minimum Gasteiger partial charge on any atom is -0.496 e. The number of benzene rings is 1. The lowest BCUT2D eigenvalue weighted by Crippen LogP contribution is -2.07. The van der Waals surface area contributed by atoms with E-state index in [1.54, 1.807) is 25.6 Å². The number of aliphatic hydroxyl groups is 1. The van der Waals surface area contributed by atoms with Crippen molar-refractivity contribution in [2.75, 3.05) is 7.11 Å². The Bertz CT molecular complexity index is 520. The van der Waals surface area contributed by atoms with Crippen LogP contribution in [0, 0.1) is 0 Å². The maximum absolute atomic E-state index is 10.1. The van der Waals surface area contributed by atoms with Crippen molar-refractivity contribution in [3.63, 3.8) is 0 Å². The molecule has 0 aliphatic heterocycles. The zero-order chi connectivity index (χ0) is 13.0. The van der Waals surface area contributed by atoms with Crippen molar-refractivity contribution in [1.29, 1.82) is 0 Å². The molecule has 0 saturated heterocycles. The maximum Gasteiger partial charge on any atom is 0.157 e. The molecule has 94 valence electrons. The third-order valence-electron chi connectivity index (χ3n) is 2.54. The second kappa shape index (κ2) is 5.93. The molecule has 1 atom stereocenters. The summed E-state index contributed by atoms with van der Waals surface area (Å²) in [5.74, 6) is 1.16. The standard InChI is InChI=1S/C13H13BrN2O2/c1-18-12-4-3-10(14)7-9(12)8-11(17)13-15-5-2-6-16-13/h2-7,11,17H,8H2,1H3. The molecule has 0 fully saturated rings. The summed E-state index contributed by atoms with van der Waals surface area (Å²) < 4.78 is 6.21. The van der Waals surface area contributed by atoms with E-state index in [9.17, 15) is 5.11 Å². The van der Waals surface area contributed by atoms with Gasteiger partial charge in [-0.3, -0.25) is 0 Å². The van der Waals surface area contributed by atoms with E-state index in [0.717, 1.165) is 15.8 Å². The Morgan fingerprint density at radius 3 is 2.72 bits per heavy atom. The molecule has 2 rings (SSSR count). The molecule has 1 N–H and O–H groups in total. The first-order valence-corrected chi connectivity index (χ1v) is 6.27. The topological polar surface area (TPSA) is 55.2 Å². The molecular formula is C13H13BrN2O2. The lowest BCUT2D eigenvalue weighted by atomic mass is 10.1. The maximum atomic E-state index is 10.1. The lowest BCUT2D eigenvalue weighted by molar-refractivity contribution is 0.167. The van der Waals surface area contributed by atoms with E-state index in [4.69, 9.17) is 4.74 Å². The van der Waals surface area contributed by atoms with Gasteiger partial charge in [-0.1, -0.05) is 15.9 Å². The predicted octanol–water partition coefficient (Wildman–Crippen LogP) is 2.52. The molecule has 2 aromatic rings. The number of hydrogen-bond acceptors (Lipinski definition) is 4. The second-order valence-electron chi connectivity index (χ2n) is 3.78. The molecule has 0 bridgehead atoms. The molecule has 0 amide bonds. The Morgan fingerprint density at radius 1 is 1.33 bits per heavy atom. The third kappa shape index (κ3) is 3.05. The van der Waals surface area contributed by atoms with Gasteiger partial charge in [0.1, 0.15) is 11.9 Å². The third-order valence-corrected chi connectivity index (χ3v) is 3.03. The highest BCUT2D eigenvalue weighted by molar-refractivity contribution is 9.10. The quantitative estimate of drug-likeness (QED) is 0.943. The van der Waals surface area contributed by atoms with Crippen molar-refractivity contribution in [2.45, 2.75) is 12.5 Å². The fraction of sp³-hybridized carbons (Fsp3) is 0.231. The summed E-state index contributed by atoms with van der Waals surface area (Å²) in [4.78, 5) is 8.08. The van der Waals surface area contributed by atoms with Crippen LogP contribution >= 0.6 is 15.9 Å². The summed E-state index contributed by atoms with van der Waals surface area (Å²) in [6.45, 7) is 0. The van der Waals surface area contributed by atoms with E-state index in [1.165, 1.54) is 0 Å². The van der Waals surface area contributed by atoms with Gasteiger partial charge in [-0.2, -0.15) is 0 Å². The predicted molar refractivity (Wildman–Crippen MR) is 71.4 cm³/mol. The average molecular weight is 309 g/mol. The van der Waals surface area contributed by atoms with E-state index in [1.807, 2.05) is 18.2 Å². The smallest absolute Gasteiger partial charge is 0.157 e. The van der Waals surface area contributed by atoms with Gasteiger partial charge in [0.05, 0.1) is 7.11 Å². The van der Waals surface area contributed by atoms with E-state index >= 15 is 0 Å². The minimum atomic E-state index is -0.741. The number of methoxy groups -OCH3 is 1. The van der Waals surface area contributed by atoms with Crippen LogP contribution in [0.4, 0.5) is 0 Å². The number of rotatable bonds is 4. The Kier molecular flexibility index (Phi) is 4.28. The summed E-state index contributed by atoms with van der Waals surface area (Å²) in [5, 5.41) is 10.1. The fourth-order valence-corrected chi connectivity index (χ4v) is 2.10. The van der Waals surface area contributed by atoms with Gasteiger partial charge in [-0.05, 0) is 29.8 Å². The summed E-state index contributed by atoms with van der Waals surface area (Å²) in [6.07, 6.45) is 2.90. The summed E-state index contributed by atoms with van der Waals surface area (Å²) >= 11 is 3.40. The van der Waals surface area contributed by atoms with Crippen LogP contribution in [0.5, 0.6) is 5.75 Å². The van der Waals surface area contributed by atoms with E-state index in [-0.39, 0.29) is 0 Å². The number of aliphatic hydroxyl groups excluding tert-OH is 1. The molecule has 0 aliphatic rings. The molecule has 0 spiro atoms. The molecule has 1 unspecified atom stereocenters. The zero-order valence-corrected chi connectivity index (χ0v) is 11.5. The molecular weight excluding hydrogens is 296 g/mol. The Balaban J connectivity index is 2.21. The molecule has 4 nitrogen and oxygen atoms in total. The molecule has 0 radical (unpaired) electrons. The molecule has 0 saturated carbocycles. The Morgan fingerprint density at radius 2 is 2.06 bits per heavy atom. The molecule has 1 aromatic carbocycles. The van der Waals surface area contributed by atoms with Crippen LogP contribution in [0.1, 0.15) is 17.5 Å². The van der Waals surface area contributed by atoms with Crippen LogP contribution < -0.4 is 4.74 Å². The number of ether oxygens (including phenoxy) is 1. The normalized spacial score (nSPS) is 12.2. The van der Waals surface area contributed by atoms with Gasteiger partial charge < -0.3 is 9.84 Å². The zero-order valence-electron chi connectivity index (χ0n) is 9.88. The first-order valence-electron chi connectivity index (χ1n) is 5.48. The van der Waals surface area contributed by atoms with Crippen molar-refractivity contribution in [2.24, 2.45) is 0 Å². The van der Waals surface area contributed by atoms with Gasteiger partial charge >= 0.3 is 0 Å². The van der Waals surface area contributed by atoms with Crippen LogP contribution in [0.3, 0.4) is 0 Å². The van der Waals surface area contributed by atoms with Crippen molar-refractivity contribution in [3.05, 3.63) is 52.5 Å². The van der Waals surface area contributed by atoms with E-state index in [0.29, 0.717) is 12.2 Å². The molecule has 1 heterocycles. The average Bonchev–Trinajstić information content (AvgIpc) is 2.40. The van der Waals surface area contributed by atoms with Gasteiger partial charge in [0, 0.05) is 23.3 Å². The SMILES string of the molecule is COc1ccc(Br)cc1CC(O)c1ncccn1. The van der Waals surface area contributed by atoms with Crippen molar-refractivity contribution >= 4 is 15.9 Å². The highest BCUT2D eigenvalue weighted by Crippen LogP contribution is 2.26. The van der Waals surface area contributed by atoms with Crippen LogP contribution in [-0.4, -0.2) is 22.2 Å². The van der Waals surface area contributed by atoms with Crippen molar-refractivity contribution in [3.8, 4) is 5.75 Å². The first kappa shape index (κ1) is 13.0. The minimum absolute atomic E-state index is 0.409. The van der Waals surface area contributed by atoms with Gasteiger partial charge in [0.15, 0.2) is 5.82 Å². The van der Waals surface area contributed by atoms with Gasteiger partial charge in [0.2, 0.25) is 0 Å². The summed E-state index contributed by atoms with van der Waals surface area (Å²) in [7, 11) is 1.61. The summed E-state index contributed by atoms with van der Waals surface area (Å²) in [5.41, 5.74) is 0.909. The number of nitrogens with zero attached hydrogens (tertiary/aromatic N) is 2. The van der Waals surface area contributed by atoms with Crippen LogP contribution in [0.2, 0.25) is 0 Å². The van der Waals surface area contributed by atoms with Crippen molar-refractivity contribution in [1.82, 2.24) is 9.97 Å². The first-order chi connectivity index (χ1) is 8.70. The van der Waals surface area contributed by atoms with Crippen LogP contribution in [0.15, 0.2) is 41.1 Å². The molecule has 18 heavy (non-hydrogen) atoms. The van der Waals surface area contributed by atoms with Gasteiger partial charge in [0.25, 0.3) is 0 Å². The second-order valence-corrected chi connectivity index (χ2v) is 4.70. The fourth-order valence-electron chi connectivity index (χ4n) is 1.69. The van der Waals surface area contributed by atoms with Gasteiger partial charge in [-0.25, -0.2) is 9.97 Å². The Hall–Kier alpha value is -1.46. The molecule has 1 aromatic heterocycles. The van der Waals surface area contributed by atoms with Crippen LogP contribution in [0.25, 0.3) is 0 Å². The largest absolute Gasteiger partial charge is 0.496 e. The Labute approximate surface area is 114 Å². The summed E-state index contributed by atoms with van der Waals surface area (Å²) in [6, 6.07) is 7.40. The van der Waals surface area contributed by atoms with E-state index in [2.05, 4.69) is 25.9 Å². The monoisotopic (exact) mass is 308 g/mol. The highest BCUT2D eigenvalue weighted by Gasteiger charge is 2.14. The lowest BCUT2D eigenvalue weighted by Gasteiger charge is -2.12. The highest BCUT2D eigenvalue weighted by atomic mass is 79.9. The van der Waals surface area contributed by atoms with E-state index < -0.39 is 6.10 Å². The number of hydrogen-bond donors (Lipinski definition) is 1. The molecule has 0 aliphatic carbocycles. The number of halogens is 1. The molecule has 5 heteroatoms. The number of aromatic nitrogens is 2. The van der Waals surface area contributed by atoms with Gasteiger partial charge in [-0.15, -0.1) is 0 Å². The van der Waals surface area contributed by atoms with Crippen LogP contribution in [-0.2, 0) is 6.42 Å². The van der Waals surface area contributed by atoms with Crippen molar-refractivity contribution < 1.29 is 9.84 Å².